The van der Waals surface area contributed by atoms with Gasteiger partial charge >= 0.3 is 12.1 Å². The van der Waals surface area contributed by atoms with E-state index in [0.29, 0.717) is 11.8 Å². The van der Waals surface area contributed by atoms with Crippen molar-refractivity contribution in [3.05, 3.63) is 11.0 Å². The van der Waals surface area contributed by atoms with Crippen molar-refractivity contribution in [3.63, 3.8) is 0 Å². The second-order valence-corrected chi connectivity index (χ2v) is 4.36. The Kier molecular flexibility index (Phi) is 2.61. The van der Waals surface area contributed by atoms with Crippen molar-refractivity contribution in [2.45, 2.75) is 12.3 Å². The van der Waals surface area contributed by atoms with Gasteiger partial charge in [0.15, 0.2) is 11.8 Å². The van der Waals surface area contributed by atoms with E-state index in [4.69, 9.17) is 5.11 Å². The number of fused-ring (bicyclic) bond motifs is 1. The third kappa shape index (κ3) is 1.89. The van der Waals surface area contributed by atoms with E-state index in [9.17, 15) is 18.0 Å². The van der Waals surface area contributed by atoms with E-state index in [-0.39, 0.29) is 11.5 Å². The van der Waals surface area contributed by atoms with E-state index in [0.717, 1.165) is 6.08 Å². The zero-order valence-corrected chi connectivity index (χ0v) is 8.51. The third-order valence-corrected chi connectivity index (χ3v) is 3.46. The van der Waals surface area contributed by atoms with E-state index < -0.39 is 29.1 Å². The number of carboxylic acids is 1. The Labute approximate surface area is 92.1 Å². The smallest absolute Gasteiger partial charge is 0.422 e. The molecule has 4 nitrogen and oxygen atoms in total. The molecule has 0 spiro atoms. The molecular formula is C8H6F3NO3S. The van der Waals surface area contributed by atoms with Crippen molar-refractivity contribution in [1.29, 1.82) is 0 Å². The summed E-state index contributed by atoms with van der Waals surface area (Å²) in [6.07, 6.45) is -4.44. The number of nitrogens with zero attached hydrogens (tertiary/aromatic N) is 1. The molecule has 0 aliphatic carbocycles. The molecule has 0 fully saturated rings. The van der Waals surface area contributed by atoms with Gasteiger partial charge in [-0.1, -0.05) is 5.16 Å². The summed E-state index contributed by atoms with van der Waals surface area (Å²) < 4.78 is 37.1. The number of aliphatic carboxylic acids is 1. The van der Waals surface area contributed by atoms with Crippen molar-refractivity contribution in [2.75, 3.05) is 5.75 Å². The summed E-state index contributed by atoms with van der Waals surface area (Å²) in [5, 5.41) is 12.0. The third-order valence-electron chi connectivity index (χ3n) is 2.25. The fraction of sp³-hybridized carbons (Fsp3) is 0.500. The molecule has 2 rings (SSSR count). The molecule has 0 bridgehead atoms. The van der Waals surface area contributed by atoms with Crippen LogP contribution < -0.4 is 0 Å². The average molecular weight is 253 g/mol. The van der Waals surface area contributed by atoms with Gasteiger partial charge in [-0.05, 0) is 6.08 Å². The van der Waals surface area contributed by atoms with E-state index in [1.165, 1.54) is 0 Å². The van der Waals surface area contributed by atoms with E-state index >= 15 is 0 Å². The average Bonchev–Trinajstić information content (AvgIpc) is 2.58. The predicted octanol–water partition coefficient (Wildman–Crippen LogP) is 1.64. The minimum Gasteiger partial charge on any atom is -0.477 e. The van der Waals surface area contributed by atoms with E-state index in [2.05, 4.69) is 9.99 Å². The van der Waals surface area contributed by atoms with Crippen LogP contribution in [-0.4, -0.2) is 34.8 Å². The number of carboxylic acid groups (broad SMARTS) is 1. The molecule has 0 amide bonds. The molecule has 0 radical (unpaired) electrons. The number of carbonyl (C=O) groups is 1. The molecule has 2 aliphatic rings. The van der Waals surface area contributed by atoms with E-state index in [1.54, 1.807) is 0 Å². The summed E-state index contributed by atoms with van der Waals surface area (Å²) in [6.45, 7) is 0. The molecule has 0 aromatic heterocycles. The van der Waals surface area contributed by atoms with Crippen molar-refractivity contribution in [1.82, 2.24) is 0 Å². The number of rotatable bonds is 1. The van der Waals surface area contributed by atoms with Gasteiger partial charge in [-0.15, -0.1) is 11.8 Å². The standard InChI is InChI=1S/C8H6F3NO3S/c9-8(10,11)5-1-4-3(2-16-5)6(7(13)14)12-15-4/h1,3-4H,2H2,(H,13,14)/t3-,4+/m1/s1. The molecule has 0 unspecified atom stereocenters. The minimum absolute atomic E-state index is 0.0150. The first-order chi connectivity index (χ1) is 7.39. The molecule has 0 aromatic carbocycles. The summed E-state index contributed by atoms with van der Waals surface area (Å²) >= 11 is 0.580. The van der Waals surface area contributed by atoms with Crippen LogP contribution in [0.15, 0.2) is 16.1 Å². The monoisotopic (exact) mass is 253 g/mol. The molecule has 16 heavy (non-hydrogen) atoms. The number of allylic oxidation sites excluding steroid dienone is 1. The Hall–Kier alpha value is -1.18. The van der Waals surface area contributed by atoms with Gasteiger partial charge in [0.2, 0.25) is 0 Å². The highest BCUT2D eigenvalue weighted by molar-refractivity contribution is 8.03. The first kappa shape index (κ1) is 11.3. The zero-order chi connectivity index (χ0) is 11.9. The van der Waals surface area contributed by atoms with Gasteiger partial charge in [-0.25, -0.2) is 4.79 Å². The molecule has 2 heterocycles. The molecular weight excluding hydrogens is 247 g/mol. The van der Waals surface area contributed by atoms with Gasteiger partial charge in [0.05, 0.1) is 10.8 Å². The first-order valence-corrected chi connectivity index (χ1v) is 5.27. The van der Waals surface area contributed by atoms with Crippen molar-refractivity contribution < 1.29 is 27.9 Å². The number of oxime groups is 1. The lowest BCUT2D eigenvalue weighted by molar-refractivity contribution is -0.129. The number of hydrogen-bond acceptors (Lipinski definition) is 4. The van der Waals surface area contributed by atoms with Crippen molar-refractivity contribution in [2.24, 2.45) is 11.1 Å². The summed E-state index contributed by atoms with van der Waals surface area (Å²) in [4.78, 5) is 14.6. The Bertz CT molecular complexity index is 390. The number of halogens is 3. The quantitative estimate of drug-likeness (QED) is 0.771. The normalized spacial score (nSPS) is 28.9. The second-order valence-electron chi connectivity index (χ2n) is 3.30. The Morgan fingerprint density at radius 3 is 2.88 bits per heavy atom. The fourth-order valence-electron chi connectivity index (χ4n) is 1.49. The number of thioether (sulfide) groups is 1. The van der Waals surface area contributed by atoms with Crippen LogP contribution in [0, 0.1) is 5.92 Å². The molecule has 88 valence electrons. The van der Waals surface area contributed by atoms with Gasteiger partial charge in [0.1, 0.15) is 0 Å². The van der Waals surface area contributed by atoms with Crippen molar-refractivity contribution in [3.8, 4) is 0 Å². The molecule has 1 N–H and O–H groups in total. The highest BCUT2D eigenvalue weighted by Gasteiger charge is 2.45. The van der Waals surface area contributed by atoms with Crippen LogP contribution in [0.25, 0.3) is 0 Å². The SMILES string of the molecule is O=C(O)C1=NO[C@H]2C=C(C(F)(F)F)SC[C@@H]12. The minimum atomic E-state index is -4.41. The Morgan fingerprint density at radius 2 is 2.31 bits per heavy atom. The molecule has 0 aromatic rings. The number of alkyl halides is 3. The first-order valence-electron chi connectivity index (χ1n) is 4.28. The Morgan fingerprint density at radius 1 is 1.62 bits per heavy atom. The topological polar surface area (TPSA) is 58.9 Å². The Balaban J connectivity index is 2.19. The summed E-state index contributed by atoms with van der Waals surface area (Å²) in [6, 6.07) is 0. The van der Waals surface area contributed by atoms with Gasteiger partial charge in [-0.3, -0.25) is 0 Å². The maximum absolute atomic E-state index is 12.4. The van der Waals surface area contributed by atoms with Crippen molar-refractivity contribution >= 4 is 23.4 Å². The van der Waals surface area contributed by atoms with Gasteiger partial charge in [-0.2, -0.15) is 13.2 Å². The number of hydrogen-bond donors (Lipinski definition) is 1. The van der Waals surface area contributed by atoms with Crippen LogP contribution in [0.2, 0.25) is 0 Å². The molecule has 2 aliphatic heterocycles. The predicted molar refractivity (Wildman–Crippen MR) is 50.0 cm³/mol. The summed E-state index contributed by atoms with van der Waals surface area (Å²) in [7, 11) is 0. The van der Waals surface area contributed by atoms with Gasteiger partial charge in [0, 0.05) is 5.75 Å². The zero-order valence-electron chi connectivity index (χ0n) is 7.69. The van der Waals surface area contributed by atoms with Crippen LogP contribution in [0.1, 0.15) is 0 Å². The van der Waals surface area contributed by atoms with Crippen LogP contribution >= 0.6 is 11.8 Å². The highest BCUT2D eigenvalue weighted by atomic mass is 32.2. The molecule has 0 saturated carbocycles. The maximum atomic E-state index is 12.4. The second kappa shape index (κ2) is 3.69. The van der Waals surface area contributed by atoms with Crippen LogP contribution in [-0.2, 0) is 9.63 Å². The van der Waals surface area contributed by atoms with Crippen LogP contribution in [0.5, 0.6) is 0 Å². The molecule has 0 saturated heterocycles. The van der Waals surface area contributed by atoms with Gasteiger partial charge < -0.3 is 9.94 Å². The highest BCUT2D eigenvalue weighted by Crippen LogP contribution is 2.42. The van der Waals surface area contributed by atoms with Crippen LogP contribution in [0.4, 0.5) is 13.2 Å². The fourth-order valence-corrected chi connectivity index (χ4v) is 2.59. The lowest BCUT2D eigenvalue weighted by Crippen LogP contribution is -2.33. The largest absolute Gasteiger partial charge is 0.477 e. The molecule has 8 heteroatoms. The van der Waals surface area contributed by atoms with Gasteiger partial charge in [0.25, 0.3) is 0 Å². The lowest BCUT2D eigenvalue weighted by Gasteiger charge is -2.22. The lowest BCUT2D eigenvalue weighted by atomic mass is 9.99. The molecule has 2 atom stereocenters. The van der Waals surface area contributed by atoms with E-state index in [1.807, 2.05) is 0 Å². The summed E-state index contributed by atoms with van der Waals surface area (Å²) in [5.41, 5.74) is -0.213. The van der Waals surface area contributed by atoms with Crippen LogP contribution in [0.3, 0.4) is 0 Å². The summed E-state index contributed by atoms with van der Waals surface area (Å²) in [5.74, 6) is -1.84. The maximum Gasteiger partial charge on any atom is 0.422 e.